The Hall–Kier alpha value is -0.990. The summed E-state index contributed by atoms with van der Waals surface area (Å²) in [6.07, 6.45) is 58.9. The molecule has 69 heavy (non-hydrogen) atoms. The molecule has 0 aliphatic rings. The number of nitrogens with zero attached hydrogens (tertiary/aromatic N) is 1. The second-order valence-electron chi connectivity index (χ2n) is 22.1. The third-order valence-electron chi connectivity index (χ3n) is 13.9. The van der Waals surface area contributed by atoms with Gasteiger partial charge in [0.25, 0.3) is 0 Å². The van der Waals surface area contributed by atoms with Crippen LogP contribution >= 0.6 is 7.82 Å². The number of likely N-dealkylation sites (N-methyl/N-ethyl adjacent to an activating group) is 1. The van der Waals surface area contributed by atoms with Crippen molar-refractivity contribution < 1.29 is 42.1 Å². The fourth-order valence-corrected chi connectivity index (χ4v) is 9.94. The van der Waals surface area contributed by atoms with Crippen molar-refractivity contribution in [3.05, 3.63) is 0 Å². The first-order valence-electron chi connectivity index (χ1n) is 30.3. The van der Waals surface area contributed by atoms with E-state index in [1.54, 1.807) is 0 Å². The Kier molecular flexibility index (Phi) is 51.1. The summed E-state index contributed by atoms with van der Waals surface area (Å²) in [7, 11) is 1.50. The van der Waals surface area contributed by atoms with Crippen LogP contribution in [0.4, 0.5) is 0 Å². The van der Waals surface area contributed by atoms with E-state index in [1.807, 2.05) is 21.1 Å². The molecule has 0 spiro atoms. The minimum atomic E-state index is -4.38. The minimum Gasteiger partial charge on any atom is -0.462 e. The lowest BCUT2D eigenvalue weighted by molar-refractivity contribution is -0.870. The zero-order chi connectivity index (χ0) is 50.6. The summed E-state index contributed by atoms with van der Waals surface area (Å²) in [4.78, 5) is 35.7. The molecule has 0 saturated carbocycles. The standard InChI is InChI=1S/C59H118NO8P/c1-6-8-10-12-14-16-18-20-22-24-26-28-30-32-33-35-37-39-41-43-45-47-49-51-58(61)65-55-57(56-67-69(63,64)66-54-53-60(3,4)5)68-59(62)52-50-48-46-44-42-40-38-36-34-31-29-27-25-23-21-19-17-15-13-11-9-7-2/h57H,6-56H2,1-5H3/p+1/t57-/m1/s1. The number of phosphoric acid groups is 1. The Balaban J connectivity index is 4.08. The zero-order valence-corrected chi connectivity index (χ0v) is 47.7. The Morgan fingerprint density at radius 2 is 0.652 bits per heavy atom. The lowest BCUT2D eigenvalue weighted by Gasteiger charge is -2.24. The Morgan fingerprint density at radius 1 is 0.391 bits per heavy atom. The number of phosphoric ester groups is 1. The maximum atomic E-state index is 12.8. The number of hydrogen-bond donors (Lipinski definition) is 1. The molecule has 0 aliphatic carbocycles. The summed E-state index contributed by atoms with van der Waals surface area (Å²) in [5.41, 5.74) is 0. The molecule has 1 N–H and O–H groups in total. The van der Waals surface area contributed by atoms with Crippen molar-refractivity contribution in [2.24, 2.45) is 0 Å². The minimum absolute atomic E-state index is 0.0375. The van der Waals surface area contributed by atoms with Gasteiger partial charge in [-0.05, 0) is 12.8 Å². The van der Waals surface area contributed by atoms with Gasteiger partial charge in [-0.25, -0.2) is 4.57 Å². The average molecular weight is 1000 g/mol. The molecule has 0 aromatic heterocycles. The third kappa shape index (κ3) is 56.2. The van der Waals surface area contributed by atoms with Gasteiger partial charge < -0.3 is 18.9 Å². The number of esters is 2. The van der Waals surface area contributed by atoms with E-state index in [1.165, 1.54) is 250 Å². The number of carbonyl (C=O) groups excluding carboxylic acids is 2. The highest BCUT2D eigenvalue weighted by atomic mass is 31.2. The van der Waals surface area contributed by atoms with E-state index >= 15 is 0 Å². The van der Waals surface area contributed by atoms with Crippen LogP contribution in [-0.4, -0.2) is 74.9 Å². The van der Waals surface area contributed by atoms with Crippen LogP contribution in [0.15, 0.2) is 0 Å². The Bertz CT molecular complexity index is 1130. The van der Waals surface area contributed by atoms with E-state index < -0.39 is 26.5 Å². The molecule has 0 aromatic rings. The molecule has 0 amide bonds. The maximum absolute atomic E-state index is 12.8. The lowest BCUT2D eigenvalue weighted by atomic mass is 10.0. The molecule has 2 atom stereocenters. The van der Waals surface area contributed by atoms with Crippen LogP contribution < -0.4 is 0 Å². The highest BCUT2D eigenvalue weighted by molar-refractivity contribution is 7.47. The molecule has 0 aromatic carbocycles. The van der Waals surface area contributed by atoms with Crippen molar-refractivity contribution in [2.75, 3.05) is 47.5 Å². The van der Waals surface area contributed by atoms with Gasteiger partial charge in [-0.3, -0.25) is 18.6 Å². The van der Waals surface area contributed by atoms with Gasteiger partial charge >= 0.3 is 19.8 Å². The molecule has 412 valence electrons. The highest BCUT2D eigenvalue weighted by Gasteiger charge is 2.27. The molecular formula is C59H119NO8P+. The third-order valence-corrected chi connectivity index (χ3v) is 14.9. The normalized spacial score (nSPS) is 13.2. The summed E-state index contributed by atoms with van der Waals surface area (Å²) < 4.78 is 34.6. The molecule has 0 aliphatic heterocycles. The molecule has 0 bridgehead atoms. The van der Waals surface area contributed by atoms with Crippen LogP contribution in [0, 0.1) is 0 Å². The summed E-state index contributed by atoms with van der Waals surface area (Å²) in [5.74, 6) is -0.771. The van der Waals surface area contributed by atoms with E-state index in [4.69, 9.17) is 18.5 Å². The van der Waals surface area contributed by atoms with Gasteiger partial charge in [-0.1, -0.05) is 290 Å². The second kappa shape index (κ2) is 51.9. The molecule has 0 radical (unpaired) electrons. The van der Waals surface area contributed by atoms with E-state index in [0.717, 1.165) is 38.5 Å². The van der Waals surface area contributed by atoms with Crippen LogP contribution in [0.5, 0.6) is 0 Å². The SMILES string of the molecule is CCCCCCCCCCCCCCCCCCCCCCCCCC(=O)OC[C@H](COP(=O)(O)OCC[N+](C)(C)C)OC(=O)CCCCCCCCCCCCCCCCCCCCCCCC. The summed E-state index contributed by atoms with van der Waals surface area (Å²) in [5, 5.41) is 0. The number of ether oxygens (including phenoxy) is 2. The lowest BCUT2D eigenvalue weighted by Crippen LogP contribution is -2.37. The number of quaternary nitrogens is 1. The van der Waals surface area contributed by atoms with E-state index in [2.05, 4.69) is 13.8 Å². The van der Waals surface area contributed by atoms with Crippen molar-refractivity contribution in [3.8, 4) is 0 Å². The van der Waals surface area contributed by atoms with E-state index in [0.29, 0.717) is 17.4 Å². The zero-order valence-electron chi connectivity index (χ0n) is 46.8. The van der Waals surface area contributed by atoms with Crippen molar-refractivity contribution in [1.82, 2.24) is 0 Å². The summed E-state index contributed by atoms with van der Waals surface area (Å²) in [6.45, 7) is 4.52. The van der Waals surface area contributed by atoms with Crippen molar-refractivity contribution in [3.63, 3.8) is 0 Å². The van der Waals surface area contributed by atoms with Gasteiger partial charge in [0.05, 0.1) is 27.7 Å². The fourth-order valence-electron chi connectivity index (χ4n) is 9.20. The molecule has 10 heteroatoms. The molecule has 1 unspecified atom stereocenters. The first-order chi connectivity index (χ1) is 33.5. The van der Waals surface area contributed by atoms with Crippen molar-refractivity contribution >= 4 is 19.8 Å². The monoisotopic (exact) mass is 1000 g/mol. The van der Waals surface area contributed by atoms with Crippen LogP contribution in [0.2, 0.25) is 0 Å². The molecule has 0 rings (SSSR count). The molecule has 0 saturated heterocycles. The van der Waals surface area contributed by atoms with Crippen molar-refractivity contribution in [1.29, 1.82) is 0 Å². The van der Waals surface area contributed by atoms with Gasteiger partial charge in [0, 0.05) is 12.8 Å². The Morgan fingerprint density at radius 3 is 0.928 bits per heavy atom. The number of unbranched alkanes of at least 4 members (excludes halogenated alkanes) is 43. The largest absolute Gasteiger partial charge is 0.472 e. The topological polar surface area (TPSA) is 108 Å². The van der Waals surface area contributed by atoms with Crippen LogP contribution in [0.25, 0.3) is 0 Å². The molecule has 0 heterocycles. The van der Waals surface area contributed by atoms with Gasteiger partial charge in [-0.15, -0.1) is 0 Å². The van der Waals surface area contributed by atoms with Crippen LogP contribution in [0.3, 0.4) is 0 Å². The molecular weight excluding hydrogens is 882 g/mol. The van der Waals surface area contributed by atoms with E-state index in [9.17, 15) is 19.0 Å². The quantitative estimate of drug-likeness (QED) is 0.0278. The fraction of sp³-hybridized carbons (Fsp3) is 0.966. The summed E-state index contributed by atoms with van der Waals surface area (Å²) in [6, 6.07) is 0. The smallest absolute Gasteiger partial charge is 0.462 e. The second-order valence-corrected chi connectivity index (χ2v) is 23.6. The number of rotatable bonds is 57. The average Bonchev–Trinajstić information content (AvgIpc) is 3.31. The summed E-state index contributed by atoms with van der Waals surface area (Å²) >= 11 is 0. The first-order valence-corrected chi connectivity index (χ1v) is 31.8. The highest BCUT2D eigenvalue weighted by Crippen LogP contribution is 2.43. The number of hydrogen-bond acceptors (Lipinski definition) is 7. The first kappa shape index (κ1) is 68.0. The maximum Gasteiger partial charge on any atom is 0.472 e. The van der Waals surface area contributed by atoms with Crippen LogP contribution in [0.1, 0.15) is 316 Å². The van der Waals surface area contributed by atoms with Gasteiger partial charge in [0.15, 0.2) is 6.10 Å². The predicted octanol–water partition coefficient (Wildman–Crippen LogP) is 18.7. The number of carbonyl (C=O) groups is 2. The molecule has 0 fully saturated rings. The van der Waals surface area contributed by atoms with Gasteiger partial charge in [0.1, 0.15) is 19.8 Å². The Labute approximate surface area is 429 Å². The van der Waals surface area contributed by atoms with Crippen LogP contribution in [-0.2, 0) is 32.7 Å². The van der Waals surface area contributed by atoms with Crippen molar-refractivity contribution in [2.45, 2.75) is 322 Å². The van der Waals surface area contributed by atoms with E-state index in [-0.39, 0.29) is 25.6 Å². The van der Waals surface area contributed by atoms with Gasteiger partial charge in [0.2, 0.25) is 0 Å². The molecule has 9 nitrogen and oxygen atoms in total. The predicted molar refractivity (Wildman–Crippen MR) is 294 cm³/mol. The van der Waals surface area contributed by atoms with Gasteiger partial charge in [-0.2, -0.15) is 0 Å².